The average molecular weight is 607 g/mol. The number of rotatable bonds is 5. The molecule has 0 radical (unpaired) electrons. The lowest BCUT2D eigenvalue weighted by atomic mass is 10.2. The summed E-state index contributed by atoms with van der Waals surface area (Å²) >= 11 is 12.9. The van der Waals surface area contributed by atoms with Crippen LogP contribution in [0.25, 0.3) is 6.08 Å². The zero-order valence-electron chi connectivity index (χ0n) is 16.8. The fraction of sp³-hybridized carbons (Fsp3) is 0. The van der Waals surface area contributed by atoms with Gasteiger partial charge in [-0.15, -0.1) is 0 Å². The highest BCUT2D eigenvalue weighted by molar-refractivity contribution is 9.11. The van der Waals surface area contributed by atoms with Crippen LogP contribution in [-0.2, 0) is 9.53 Å². The van der Waals surface area contributed by atoms with Gasteiger partial charge >= 0.3 is 11.9 Å². The molecule has 3 aromatic rings. The summed E-state index contributed by atoms with van der Waals surface area (Å²) < 4.78 is 11.6. The minimum absolute atomic E-state index is 0.00255. The zero-order valence-corrected chi connectivity index (χ0v) is 20.8. The van der Waals surface area contributed by atoms with Crippen LogP contribution < -0.4 is 4.74 Å². The highest BCUT2D eigenvalue weighted by Crippen LogP contribution is 2.36. The summed E-state index contributed by atoms with van der Waals surface area (Å²) in [5.74, 6) is -1.03. The molecule has 170 valence electrons. The molecular weight excluding hydrogens is 596 g/mol. The third-order valence-corrected chi connectivity index (χ3v) is 6.03. The number of hydrogen-bond donors (Lipinski definition) is 0. The summed E-state index contributed by atoms with van der Waals surface area (Å²) in [4.78, 5) is 39.2. The van der Waals surface area contributed by atoms with E-state index in [0.29, 0.717) is 20.1 Å². The third kappa shape index (κ3) is 5.09. The standard InChI is InChI=1S/C23H11Br2ClN2O6/c24-16-8-12(9-17(25)20(16)33-22(29)13-4-2-1-3-5-13)10-19-23(30)34-21(27-19)15-7-6-14(28(31)32)11-18(15)26/h1-11H/b19-10-. The Morgan fingerprint density at radius 1 is 1.09 bits per heavy atom. The number of cyclic esters (lactones) is 1. The van der Waals surface area contributed by atoms with Crippen molar-refractivity contribution < 1.29 is 24.0 Å². The van der Waals surface area contributed by atoms with Crippen molar-refractivity contribution in [3.05, 3.63) is 107 Å². The van der Waals surface area contributed by atoms with Gasteiger partial charge < -0.3 is 9.47 Å². The molecule has 4 rings (SSSR count). The van der Waals surface area contributed by atoms with Gasteiger partial charge in [0.05, 0.1) is 30.0 Å². The predicted octanol–water partition coefficient (Wildman–Crippen LogP) is 6.34. The minimum Gasteiger partial charge on any atom is -0.421 e. The largest absolute Gasteiger partial charge is 0.421 e. The molecule has 1 aliphatic rings. The van der Waals surface area contributed by atoms with E-state index in [-0.39, 0.29) is 33.6 Å². The summed E-state index contributed by atoms with van der Waals surface area (Å²) in [6.45, 7) is 0. The van der Waals surface area contributed by atoms with Crippen LogP contribution in [0.1, 0.15) is 21.5 Å². The van der Waals surface area contributed by atoms with Crippen molar-refractivity contribution in [1.82, 2.24) is 0 Å². The number of hydrogen-bond acceptors (Lipinski definition) is 7. The lowest BCUT2D eigenvalue weighted by Gasteiger charge is -2.10. The molecule has 3 aromatic carbocycles. The molecule has 0 N–H and O–H groups in total. The molecule has 8 nitrogen and oxygen atoms in total. The lowest BCUT2D eigenvalue weighted by Crippen LogP contribution is -2.09. The Labute approximate surface area is 214 Å². The normalized spacial score (nSPS) is 14.0. The van der Waals surface area contributed by atoms with Gasteiger partial charge in [0, 0.05) is 12.1 Å². The first-order valence-corrected chi connectivity index (χ1v) is 11.4. The number of ether oxygens (including phenoxy) is 2. The van der Waals surface area contributed by atoms with Crippen molar-refractivity contribution in [2.24, 2.45) is 4.99 Å². The lowest BCUT2D eigenvalue weighted by molar-refractivity contribution is -0.384. The molecule has 1 aliphatic heterocycles. The Hall–Kier alpha value is -3.34. The van der Waals surface area contributed by atoms with Gasteiger partial charge in [-0.05, 0) is 73.8 Å². The van der Waals surface area contributed by atoms with Crippen LogP contribution in [-0.4, -0.2) is 22.8 Å². The number of nitrogens with zero attached hydrogens (tertiary/aromatic N) is 2. The van der Waals surface area contributed by atoms with Gasteiger partial charge in [-0.2, -0.15) is 0 Å². The van der Waals surface area contributed by atoms with Crippen LogP contribution >= 0.6 is 43.5 Å². The summed E-state index contributed by atoms with van der Waals surface area (Å²) in [5.41, 5.74) is 1.00. The Balaban J connectivity index is 1.60. The minimum atomic E-state index is -0.712. The third-order valence-electron chi connectivity index (χ3n) is 4.54. The van der Waals surface area contributed by atoms with E-state index in [4.69, 9.17) is 21.1 Å². The van der Waals surface area contributed by atoms with Crippen LogP contribution in [0, 0.1) is 10.1 Å². The first-order chi connectivity index (χ1) is 16.2. The first-order valence-electron chi connectivity index (χ1n) is 9.46. The summed E-state index contributed by atoms with van der Waals surface area (Å²) in [5, 5.41) is 10.9. The average Bonchev–Trinajstić information content (AvgIpc) is 3.16. The van der Waals surface area contributed by atoms with E-state index in [9.17, 15) is 19.7 Å². The fourth-order valence-electron chi connectivity index (χ4n) is 2.96. The summed E-state index contributed by atoms with van der Waals surface area (Å²) in [7, 11) is 0. The van der Waals surface area contributed by atoms with E-state index in [1.165, 1.54) is 18.2 Å². The van der Waals surface area contributed by atoms with E-state index in [0.717, 1.165) is 6.07 Å². The first kappa shape index (κ1) is 23.8. The van der Waals surface area contributed by atoms with Gasteiger partial charge in [-0.1, -0.05) is 29.8 Å². The molecule has 1 heterocycles. The second-order valence-corrected chi connectivity index (χ2v) is 8.94. The van der Waals surface area contributed by atoms with Gasteiger partial charge in [0.1, 0.15) is 0 Å². The molecule has 0 atom stereocenters. The number of carbonyl (C=O) groups excluding carboxylic acids is 2. The Bertz CT molecular complexity index is 1380. The van der Waals surface area contributed by atoms with Crippen molar-refractivity contribution in [2.75, 3.05) is 0 Å². The maximum Gasteiger partial charge on any atom is 0.363 e. The number of carbonyl (C=O) groups is 2. The maximum absolute atomic E-state index is 12.4. The molecular formula is C23H11Br2ClN2O6. The smallest absolute Gasteiger partial charge is 0.363 e. The zero-order chi connectivity index (χ0) is 24.4. The molecule has 0 aromatic heterocycles. The van der Waals surface area contributed by atoms with E-state index < -0.39 is 16.9 Å². The number of halogens is 3. The molecule has 11 heteroatoms. The maximum atomic E-state index is 12.4. The van der Waals surface area contributed by atoms with E-state index >= 15 is 0 Å². The van der Waals surface area contributed by atoms with Gasteiger partial charge in [-0.3, -0.25) is 10.1 Å². The second kappa shape index (κ2) is 9.88. The van der Waals surface area contributed by atoms with E-state index in [1.807, 2.05) is 0 Å². The van der Waals surface area contributed by atoms with Gasteiger partial charge in [0.15, 0.2) is 11.4 Å². The number of benzene rings is 3. The summed E-state index contributed by atoms with van der Waals surface area (Å²) in [6, 6.07) is 15.6. The van der Waals surface area contributed by atoms with E-state index in [2.05, 4.69) is 36.9 Å². The quantitative estimate of drug-likeness (QED) is 0.110. The molecule has 0 fully saturated rings. The van der Waals surface area contributed by atoms with E-state index in [1.54, 1.807) is 42.5 Å². The Morgan fingerprint density at radius 2 is 1.76 bits per heavy atom. The molecule has 0 unspecified atom stereocenters. The predicted molar refractivity (Wildman–Crippen MR) is 132 cm³/mol. The highest BCUT2D eigenvalue weighted by Gasteiger charge is 2.27. The second-order valence-electron chi connectivity index (χ2n) is 6.83. The molecule has 0 amide bonds. The van der Waals surface area contributed by atoms with Gasteiger partial charge in [-0.25, -0.2) is 14.6 Å². The number of nitro benzene ring substituents is 1. The van der Waals surface area contributed by atoms with Crippen LogP contribution in [0.3, 0.4) is 0 Å². The highest BCUT2D eigenvalue weighted by atomic mass is 79.9. The van der Waals surface area contributed by atoms with Crippen LogP contribution in [0.4, 0.5) is 5.69 Å². The Kier molecular flexibility index (Phi) is 6.92. The Morgan fingerprint density at radius 3 is 2.38 bits per heavy atom. The molecule has 0 spiro atoms. The topological polar surface area (TPSA) is 108 Å². The van der Waals surface area contributed by atoms with Crippen LogP contribution in [0.5, 0.6) is 5.75 Å². The molecule has 34 heavy (non-hydrogen) atoms. The fourth-order valence-corrected chi connectivity index (χ4v) is 4.60. The summed E-state index contributed by atoms with van der Waals surface area (Å²) in [6.07, 6.45) is 1.48. The van der Waals surface area contributed by atoms with Gasteiger partial charge in [0.25, 0.3) is 5.69 Å². The number of esters is 2. The van der Waals surface area contributed by atoms with Crippen molar-refractivity contribution in [2.45, 2.75) is 0 Å². The molecule has 0 bridgehead atoms. The molecule has 0 saturated heterocycles. The SMILES string of the molecule is O=C1OC(c2ccc([N+](=O)[O-])cc2Cl)=N/C1=C\c1cc(Br)c(OC(=O)c2ccccc2)c(Br)c1. The van der Waals surface area contributed by atoms with Crippen molar-refractivity contribution in [3.8, 4) is 5.75 Å². The monoisotopic (exact) mass is 604 g/mol. The van der Waals surface area contributed by atoms with Crippen molar-refractivity contribution in [3.63, 3.8) is 0 Å². The number of nitro groups is 1. The van der Waals surface area contributed by atoms with Crippen LogP contribution in [0.15, 0.2) is 80.3 Å². The van der Waals surface area contributed by atoms with Gasteiger partial charge in [0.2, 0.25) is 5.90 Å². The number of aliphatic imine (C=N–C) groups is 1. The van der Waals surface area contributed by atoms with Crippen molar-refractivity contribution >= 4 is 73.1 Å². The van der Waals surface area contributed by atoms with Crippen LogP contribution in [0.2, 0.25) is 5.02 Å². The molecule has 0 saturated carbocycles. The number of non-ortho nitro benzene ring substituents is 1. The van der Waals surface area contributed by atoms with Crippen molar-refractivity contribution in [1.29, 1.82) is 0 Å². The molecule has 0 aliphatic carbocycles.